The van der Waals surface area contributed by atoms with Gasteiger partial charge in [0.25, 0.3) is 0 Å². The Hall–Kier alpha value is -1.02. The highest BCUT2D eigenvalue weighted by atomic mass is 15.1. The first kappa shape index (κ1) is 11.8. The summed E-state index contributed by atoms with van der Waals surface area (Å²) in [6.45, 7) is 3.70. The van der Waals surface area contributed by atoms with Gasteiger partial charge in [-0.15, -0.1) is 0 Å². The van der Waals surface area contributed by atoms with Crippen LogP contribution in [0.1, 0.15) is 49.7 Å². The zero-order chi connectivity index (χ0) is 12.7. The summed E-state index contributed by atoms with van der Waals surface area (Å²) in [5.41, 5.74) is 5.01. The third-order valence-corrected chi connectivity index (χ3v) is 5.40. The molecule has 2 aliphatic heterocycles. The van der Waals surface area contributed by atoms with E-state index in [4.69, 9.17) is 0 Å². The van der Waals surface area contributed by atoms with Crippen LogP contribution in [0.4, 0.5) is 5.69 Å². The standard InChI is InChI=1S/C17H24N2/c1-2-11-19(12-3-1)15-6-5-14-7-9-17(16(14)13-15)8-4-10-18-17/h5-6,13,18H,1-4,7-12H2/t17-/m0/s1. The Balaban J connectivity index is 1.68. The first-order valence-electron chi connectivity index (χ1n) is 8.01. The van der Waals surface area contributed by atoms with Gasteiger partial charge >= 0.3 is 0 Å². The average Bonchev–Trinajstić information content (AvgIpc) is 3.09. The van der Waals surface area contributed by atoms with E-state index in [1.807, 2.05) is 0 Å². The molecule has 3 aliphatic rings. The number of piperidine rings is 1. The van der Waals surface area contributed by atoms with E-state index >= 15 is 0 Å². The number of nitrogens with zero attached hydrogens (tertiary/aromatic N) is 1. The number of rotatable bonds is 1. The molecule has 1 N–H and O–H groups in total. The van der Waals surface area contributed by atoms with E-state index in [1.54, 1.807) is 11.1 Å². The van der Waals surface area contributed by atoms with Crippen molar-refractivity contribution in [1.29, 1.82) is 0 Å². The Kier molecular flexibility index (Phi) is 2.80. The van der Waals surface area contributed by atoms with Gasteiger partial charge in [-0.2, -0.15) is 0 Å². The number of fused-ring (bicyclic) bond motifs is 2. The summed E-state index contributed by atoms with van der Waals surface area (Å²) in [5.74, 6) is 0. The van der Waals surface area contributed by atoms with Crippen LogP contribution in [0.3, 0.4) is 0 Å². The van der Waals surface area contributed by atoms with Gasteiger partial charge in [0.1, 0.15) is 0 Å². The second-order valence-corrected chi connectivity index (χ2v) is 6.50. The summed E-state index contributed by atoms with van der Waals surface area (Å²) in [6, 6.07) is 7.26. The maximum atomic E-state index is 3.80. The van der Waals surface area contributed by atoms with Crippen LogP contribution in [-0.4, -0.2) is 19.6 Å². The Bertz CT molecular complexity index is 468. The molecule has 1 atom stereocenters. The van der Waals surface area contributed by atoms with Gasteiger partial charge in [0.15, 0.2) is 0 Å². The fraction of sp³-hybridized carbons (Fsp3) is 0.647. The van der Waals surface area contributed by atoms with Crippen molar-refractivity contribution < 1.29 is 0 Å². The second-order valence-electron chi connectivity index (χ2n) is 6.50. The molecular formula is C17H24N2. The van der Waals surface area contributed by atoms with Crippen molar-refractivity contribution in [3.63, 3.8) is 0 Å². The maximum absolute atomic E-state index is 3.80. The van der Waals surface area contributed by atoms with Crippen molar-refractivity contribution in [2.75, 3.05) is 24.5 Å². The van der Waals surface area contributed by atoms with Gasteiger partial charge in [-0.25, -0.2) is 0 Å². The molecule has 1 spiro atoms. The molecule has 2 heteroatoms. The lowest BCUT2D eigenvalue weighted by atomic mass is 9.90. The molecule has 2 heterocycles. The van der Waals surface area contributed by atoms with Crippen LogP contribution in [0, 0.1) is 0 Å². The summed E-state index contributed by atoms with van der Waals surface area (Å²) >= 11 is 0. The predicted octanol–water partition coefficient (Wildman–Crippen LogP) is 3.20. The molecule has 0 bridgehead atoms. The van der Waals surface area contributed by atoms with Gasteiger partial charge in [-0.1, -0.05) is 6.07 Å². The van der Waals surface area contributed by atoms with Crippen molar-refractivity contribution in [2.24, 2.45) is 0 Å². The van der Waals surface area contributed by atoms with E-state index in [0.717, 1.165) is 0 Å². The van der Waals surface area contributed by atoms with Gasteiger partial charge in [0.05, 0.1) is 0 Å². The molecule has 102 valence electrons. The molecule has 0 radical (unpaired) electrons. The number of hydrogen-bond donors (Lipinski definition) is 1. The Labute approximate surface area is 116 Å². The van der Waals surface area contributed by atoms with E-state index in [-0.39, 0.29) is 0 Å². The Morgan fingerprint density at radius 3 is 2.68 bits per heavy atom. The topological polar surface area (TPSA) is 15.3 Å². The first-order chi connectivity index (χ1) is 9.37. The van der Waals surface area contributed by atoms with E-state index in [2.05, 4.69) is 28.4 Å². The zero-order valence-electron chi connectivity index (χ0n) is 11.8. The predicted molar refractivity (Wildman–Crippen MR) is 79.7 cm³/mol. The summed E-state index contributed by atoms with van der Waals surface area (Å²) in [5, 5.41) is 3.80. The number of aryl methyl sites for hydroxylation is 1. The Morgan fingerprint density at radius 1 is 1.00 bits per heavy atom. The third kappa shape index (κ3) is 1.88. The number of benzene rings is 1. The summed E-state index contributed by atoms with van der Waals surface area (Å²) in [7, 11) is 0. The normalized spacial score (nSPS) is 30.0. The van der Waals surface area contributed by atoms with Crippen molar-refractivity contribution in [1.82, 2.24) is 5.32 Å². The Morgan fingerprint density at radius 2 is 1.89 bits per heavy atom. The van der Waals surface area contributed by atoms with Crippen molar-refractivity contribution >= 4 is 5.69 Å². The summed E-state index contributed by atoms with van der Waals surface area (Å²) in [6.07, 6.45) is 9.39. The van der Waals surface area contributed by atoms with Gasteiger partial charge < -0.3 is 10.2 Å². The van der Waals surface area contributed by atoms with Crippen LogP contribution < -0.4 is 10.2 Å². The van der Waals surface area contributed by atoms with Crippen LogP contribution in [0.25, 0.3) is 0 Å². The second kappa shape index (κ2) is 4.52. The zero-order valence-corrected chi connectivity index (χ0v) is 11.8. The molecule has 1 aliphatic carbocycles. The minimum atomic E-state index is 0.334. The smallest absolute Gasteiger partial charge is 0.0441 e. The lowest BCUT2D eigenvalue weighted by molar-refractivity contribution is 0.389. The van der Waals surface area contributed by atoms with Crippen molar-refractivity contribution in [2.45, 2.75) is 50.5 Å². The molecule has 0 amide bonds. The van der Waals surface area contributed by atoms with E-state index < -0.39 is 0 Å². The van der Waals surface area contributed by atoms with Crippen molar-refractivity contribution in [3.05, 3.63) is 29.3 Å². The van der Waals surface area contributed by atoms with Crippen LogP contribution >= 0.6 is 0 Å². The van der Waals surface area contributed by atoms with Gasteiger partial charge in [-0.3, -0.25) is 0 Å². The molecule has 1 aromatic rings. The van der Waals surface area contributed by atoms with E-state index in [1.165, 1.54) is 70.3 Å². The molecule has 2 fully saturated rings. The minimum Gasteiger partial charge on any atom is -0.372 e. The molecule has 2 saturated heterocycles. The molecular weight excluding hydrogens is 232 g/mol. The molecule has 0 saturated carbocycles. The fourth-order valence-electron chi connectivity index (χ4n) is 4.31. The van der Waals surface area contributed by atoms with Crippen LogP contribution in [-0.2, 0) is 12.0 Å². The SMILES string of the molecule is c1cc2c(cc1N1CCCCC1)[C@]1(CCCN1)CC2. The maximum Gasteiger partial charge on any atom is 0.0441 e. The number of hydrogen-bond acceptors (Lipinski definition) is 2. The number of nitrogens with one attached hydrogen (secondary N) is 1. The first-order valence-corrected chi connectivity index (χ1v) is 8.01. The highest BCUT2D eigenvalue weighted by molar-refractivity contribution is 5.55. The van der Waals surface area contributed by atoms with E-state index in [0.29, 0.717) is 5.54 Å². The fourth-order valence-corrected chi connectivity index (χ4v) is 4.31. The van der Waals surface area contributed by atoms with Gasteiger partial charge in [0, 0.05) is 24.3 Å². The molecule has 0 unspecified atom stereocenters. The van der Waals surface area contributed by atoms with Crippen molar-refractivity contribution in [3.8, 4) is 0 Å². The van der Waals surface area contributed by atoms with Crippen LogP contribution in [0.15, 0.2) is 18.2 Å². The molecule has 2 nitrogen and oxygen atoms in total. The summed E-state index contributed by atoms with van der Waals surface area (Å²) < 4.78 is 0. The molecule has 19 heavy (non-hydrogen) atoms. The highest BCUT2D eigenvalue weighted by Crippen LogP contribution is 2.44. The number of anilines is 1. The average molecular weight is 256 g/mol. The monoisotopic (exact) mass is 256 g/mol. The largest absolute Gasteiger partial charge is 0.372 e. The van der Waals surface area contributed by atoms with Crippen LogP contribution in [0.5, 0.6) is 0 Å². The minimum absolute atomic E-state index is 0.334. The molecule has 1 aromatic carbocycles. The van der Waals surface area contributed by atoms with Gasteiger partial charge in [0.2, 0.25) is 0 Å². The molecule has 4 rings (SSSR count). The highest BCUT2D eigenvalue weighted by Gasteiger charge is 2.40. The lowest BCUT2D eigenvalue weighted by Gasteiger charge is -2.31. The molecule has 0 aromatic heterocycles. The van der Waals surface area contributed by atoms with Gasteiger partial charge in [-0.05, 0) is 74.8 Å². The van der Waals surface area contributed by atoms with Crippen LogP contribution in [0.2, 0.25) is 0 Å². The summed E-state index contributed by atoms with van der Waals surface area (Å²) in [4.78, 5) is 2.59. The third-order valence-electron chi connectivity index (χ3n) is 5.40. The van der Waals surface area contributed by atoms with E-state index in [9.17, 15) is 0 Å². The lowest BCUT2D eigenvalue weighted by Crippen LogP contribution is -2.35. The quantitative estimate of drug-likeness (QED) is 0.830.